The average Bonchev–Trinajstić information content (AvgIpc) is 2.80. The van der Waals surface area contributed by atoms with E-state index in [1.165, 1.54) is 32.1 Å². The molecule has 0 aliphatic carbocycles. The van der Waals surface area contributed by atoms with Gasteiger partial charge in [-0.1, -0.05) is 46.0 Å². The minimum absolute atomic E-state index is 0.213. The highest BCUT2D eigenvalue weighted by Gasteiger charge is 2.12. The lowest BCUT2D eigenvalue weighted by Gasteiger charge is -2.11. The summed E-state index contributed by atoms with van der Waals surface area (Å²) in [4.78, 5) is 24.0. The van der Waals surface area contributed by atoms with Gasteiger partial charge in [0, 0.05) is 0 Å². The van der Waals surface area contributed by atoms with E-state index in [1.807, 2.05) is 6.92 Å². The molecule has 0 spiro atoms. The van der Waals surface area contributed by atoms with Crippen molar-refractivity contribution < 1.29 is 28.5 Å². The van der Waals surface area contributed by atoms with Gasteiger partial charge in [0.1, 0.15) is 23.4 Å². The van der Waals surface area contributed by atoms with Crippen molar-refractivity contribution in [1.29, 1.82) is 0 Å². The van der Waals surface area contributed by atoms with Crippen LogP contribution in [0.3, 0.4) is 0 Å². The molecule has 2 rings (SSSR count). The second-order valence-electron chi connectivity index (χ2n) is 7.69. The SMILES string of the molecule is CCCCCCCCOc1ccc(C(=O)Oc2ccc(OC(=O)OC(C)CC)cc2)cc1. The van der Waals surface area contributed by atoms with Crippen molar-refractivity contribution in [3.05, 3.63) is 54.1 Å². The van der Waals surface area contributed by atoms with Crippen LogP contribution in [0.15, 0.2) is 48.5 Å². The highest BCUT2D eigenvalue weighted by Crippen LogP contribution is 2.20. The Kier molecular flexibility index (Phi) is 11.1. The largest absolute Gasteiger partial charge is 0.514 e. The van der Waals surface area contributed by atoms with Crippen molar-refractivity contribution in [2.24, 2.45) is 0 Å². The monoisotopic (exact) mass is 442 g/mol. The summed E-state index contributed by atoms with van der Waals surface area (Å²) in [5.41, 5.74) is 0.425. The van der Waals surface area contributed by atoms with E-state index in [-0.39, 0.29) is 6.10 Å². The quantitative estimate of drug-likeness (QED) is 0.144. The Morgan fingerprint density at radius 2 is 1.31 bits per heavy atom. The maximum Gasteiger partial charge on any atom is 0.514 e. The van der Waals surface area contributed by atoms with Crippen LogP contribution in [0.25, 0.3) is 0 Å². The standard InChI is InChI=1S/C26H34O6/c1-4-6-7-8-9-10-19-29-22-13-11-21(12-14-22)25(27)31-23-15-17-24(18-16-23)32-26(28)30-20(3)5-2/h11-18,20H,4-10,19H2,1-3H3. The van der Waals surface area contributed by atoms with Gasteiger partial charge in [-0.05, 0) is 68.3 Å². The van der Waals surface area contributed by atoms with E-state index in [0.29, 0.717) is 30.1 Å². The molecular weight excluding hydrogens is 408 g/mol. The zero-order chi connectivity index (χ0) is 23.2. The lowest BCUT2D eigenvalue weighted by atomic mass is 10.1. The Labute approximate surface area is 190 Å². The van der Waals surface area contributed by atoms with Crippen LogP contribution in [-0.2, 0) is 4.74 Å². The zero-order valence-corrected chi connectivity index (χ0v) is 19.3. The predicted molar refractivity (Wildman–Crippen MR) is 124 cm³/mol. The molecular formula is C26H34O6. The van der Waals surface area contributed by atoms with Gasteiger partial charge in [-0.15, -0.1) is 0 Å². The van der Waals surface area contributed by atoms with Crippen molar-refractivity contribution >= 4 is 12.1 Å². The predicted octanol–water partition coefficient (Wildman–Crippen LogP) is 6.96. The fraction of sp³-hybridized carbons (Fsp3) is 0.462. The molecule has 2 aromatic carbocycles. The Bertz CT molecular complexity index is 813. The summed E-state index contributed by atoms with van der Waals surface area (Å²) in [6, 6.07) is 13.1. The number of esters is 1. The van der Waals surface area contributed by atoms with Crippen molar-refractivity contribution in [3.8, 4) is 17.2 Å². The fourth-order valence-electron chi connectivity index (χ4n) is 2.87. The van der Waals surface area contributed by atoms with E-state index in [4.69, 9.17) is 18.9 Å². The highest BCUT2D eigenvalue weighted by atomic mass is 16.7. The van der Waals surface area contributed by atoms with Gasteiger partial charge in [-0.3, -0.25) is 0 Å². The first-order valence-electron chi connectivity index (χ1n) is 11.4. The minimum atomic E-state index is -0.761. The number of hydrogen-bond acceptors (Lipinski definition) is 6. The van der Waals surface area contributed by atoms with Crippen LogP contribution in [0.2, 0.25) is 0 Å². The molecule has 2 aromatic rings. The topological polar surface area (TPSA) is 71.1 Å². The number of carbonyl (C=O) groups excluding carboxylic acids is 2. The van der Waals surface area contributed by atoms with Gasteiger partial charge in [0.25, 0.3) is 0 Å². The third-order valence-electron chi connectivity index (χ3n) is 4.96. The van der Waals surface area contributed by atoms with E-state index in [2.05, 4.69) is 6.92 Å². The van der Waals surface area contributed by atoms with Gasteiger partial charge in [0.15, 0.2) is 0 Å². The molecule has 0 aliphatic heterocycles. The van der Waals surface area contributed by atoms with Gasteiger partial charge in [-0.2, -0.15) is 0 Å². The van der Waals surface area contributed by atoms with Gasteiger partial charge in [-0.25, -0.2) is 9.59 Å². The number of ether oxygens (including phenoxy) is 4. The maximum absolute atomic E-state index is 12.4. The van der Waals surface area contributed by atoms with Crippen molar-refractivity contribution in [2.45, 2.75) is 71.8 Å². The van der Waals surface area contributed by atoms with E-state index in [0.717, 1.165) is 12.2 Å². The average molecular weight is 443 g/mol. The van der Waals surface area contributed by atoms with E-state index in [1.54, 1.807) is 55.5 Å². The molecule has 0 N–H and O–H groups in total. The van der Waals surface area contributed by atoms with Gasteiger partial charge < -0.3 is 18.9 Å². The van der Waals surface area contributed by atoms with Crippen LogP contribution < -0.4 is 14.2 Å². The minimum Gasteiger partial charge on any atom is -0.494 e. The van der Waals surface area contributed by atoms with E-state index in [9.17, 15) is 9.59 Å². The van der Waals surface area contributed by atoms with E-state index >= 15 is 0 Å². The molecule has 32 heavy (non-hydrogen) atoms. The number of unbranched alkanes of at least 4 members (excludes halogenated alkanes) is 5. The summed E-state index contributed by atoms with van der Waals surface area (Å²) in [6.45, 7) is 6.59. The Morgan fingerprint density at radius 3 is 1.94 bits per heavy atom. The van der Waals surface area contributed by atoms with Crippen molar-refractivity contribution in [1.82, 2.24) is 0 Å². The lowest BCUT2D eigenvalue weighted by Crippen LogP contribution is -2.17. The molecule has 0 saturated heterocycles. The second kappa shape index (κ2) is 14.1. The van der Waals surface area contributed by atoms with Crippen LogP contribution >= 0.6 is 0 Å². The van der Waals surface area contributed by atoms with Gasteiger partial charge >= 0.3 is 12.1 Å². The molecule has 0 aromatic heterocycles. The molecule has 0 radical (unpaired) electrons. The van der Waals surface area contributed by atoms with Crippen LogP contribution in [0.5, 0.6) is 17.2 Å². The molecule has 1 unspecified atom stereocenters. The van der Waals surface area contributed by atoms with Crippen LogP contribution in [0.1, 0.15) is 76.1 Å². The number of carbonyl (C=O) groups is 2. The van der Waals surface area contributed by atoms with E-state index < -0.39 is 12.1 Å². The number of hydrogen-bond donors (Lipinski definition) is 0. The lowest BCUT2D eigenvalue weighted by molar-refractivity contribution is 0.0640. The molecule has 0 saturated carbocycles. The molecule has 174 valence electrons. The molecule has 0 bridgehead atoms. The summed E-state index contributed by atoms with van der Waals surface area (Å²) >= 11 is 0. The molecule has 0 fully saturated rings. The molecule has 1 atom stereocenters. The summed E-state index contributed by atoms with van der Waals surface area (Å²) in [5, 5.41) is 0. The summed E-state index contributed by atoms with van der Waals surface area (Å²) in [7, 11) is 0. The molecule has 0 heterocycles. The number of rotatable bonds is 13. The first-order valence-corrected chi connectivity index (χ1v) is 11.4. The molecule has 6 nitrogen and oxygen atoms in total. The third kappa shape index (κ3) is 9.41. The van der Waals surface area contributed by atoms with Crippen LogP contribution in [-0.4, -0.2) is 24.8 Å². The zero-order valence-electron chi connectivity index (χ0n) is 19.3. The molecule has 0 aliphatic rings. The second-order valence-corrected chi connectivity index (χ2v) is 7.69. The first-order chi connectivity index (χ1) is 15.5. The maximum atomic E-state index is 12.4. The summed E-state index contributed by atoms with van der Waals surface area (Å²) in [6.07, 6.45) is 7.01. The fourth-order valence-corrected chi connectivity index (χ4v) is 2.87. The third-order valence-corrected chi connectivity index (χ3v) is 4.96. The van der Waals surface area contributed by atoms with Crippen molar-refractivity contribution in [3.63, 3.8) is 0 Å². The van der Waals surface area contributed by atoms with Crippen LogP contribution in [0, 0.1) is 0 Å². The highest BCUT2D eigenvalue weighted by molar-refractivity contribution is 5.91. The molecule has 6 heteroatoms. The normalized spacial score (nSPS) is 11.5. The summed E-state index contributed by atoms with van der Waals surface area (Å²) in [5.74, 6) is 0.921. The van der Waals surface area contributed by atoms with Crippen LogP contribution in [0.4, 0.5) is 4.79 Å². The smallest absolute Gasteiger partial charge is 0.494 e. The Balaban J connectivity index is 1.75. The van der Waals surface area contributed by atoms with Crippen molar-refractivity contribution in [2.75, 3.05) is 6.61 Å². The Morgan fingerprint density at radius 1 is 0.750 bits per heavy atom. The summed E-state index contributed by atoms with van der Waals surface area (Å²) < 4.78 is 21.3. The van der Waals surface area contributed by atoms with Gasteiger partial charge in [0.2, 0.25) is 0 Å². The number of benzene rings is 2. The van der Waals surface area contributed by atoms with Gasteiger partial charge in [0.05, 0.1) is 12.2 Å². The Hall–Kier alpha value is -3.02. The molecule has 0 amide bonds. The first kappa shape index (κ1) is 25.2.